The van der Waals surface area contributed by atoms with E-state index in [1.54, 1.807) is 0 Å². The number of nitrogens with two attached hydrogens (primary N) is 1. The Kier molecular flexibility index (Phi) is 3.48. The normalized spacial score (nSPS) is 24.9. The van der Waals surface area contributed by atoms with Crippen molar-refractivity contribution in [3.63, 3.8) is 0 Å². The molecule has 0 radical (unpaired) electrons. The number of hydrogen-bond acceptors (Lipinski definition) is 3. The van der Waals surface area contributed by atoms with Gasteiger partial charge in [0.2, 0.25) is 0 Å². The lowest BCUT2D eigenvalue weighted by atomic mass is 10.00. The van der Waals surface area contributed by atoms with Crippen molar-refractivity contribution < 1.29 is 8.78 Å². The molecule has 1 saturated heterocycles. The molecule has 5 heteroatoms. The summed E-state index contributed by atoms with van der Waals surface area (Å²) in [5, 5.41) is 0. The summed E-state index contributed by atoms with van der Waals surface area (Å²) in [5.74, 6) is -1.06. The second-order valence-electron chi connectivity index (χ2n) is 4.02. The van der Waals surface area contributed by atoms with Crippen LogP contribution in [0, 0.1) is 11.6 Å². The molecule has 2 unspecified atom stereocenters. The summed E-state index contributed by atoms with van der Waals surface area (Å²) in [6, 6.07) is 3.80. The van der Waals surface area contributed by atoms with Crippen LogP contribution in [0.4, 0.5) is 8.78 Å². The zero-order chi connectivity index (χ0) is 11.5. The van der Waals surface area contributed by atoms with E-state index in [1.165, 1.54) is 12.1 Å². The summed E-state index contributed by atoms with van der Waals surface area (Å²) >= 11 is 0. The van der Waals surface area contributed by atoms with Gasteiger partial charge in [-0.15, -0.1) is 0 Å². The fourth-order valence-electron chi connectivity index (χ4n) is 2.00. The summed E-state index contributed by atoms with van der Waals surface area (Å²) < 4.78 is 26.2. The van der Waals surface area contributed by atoms with Crippen LogP contribution >= 0.6 is 0 Å². The largest absolute Gasteiger partial charge is 0.330 e. The van der Waals surface area contributed by atoms with Gasteiger partial charge in [0.1, 0.15) is 11.6 Å². The molecule has 1 fully saturated rings. The average molecular weight is 227 g/mol. The molecule has 0 amide bonds. The van der Waals surface area contributed by atoms with Gasteiger partial charge in [0.15, 0.2) is 0 Å². The molecule has 1 aromatic carbocycles. The SMILES string of the molecule is NCCC1CC(c2ccc(F)cc2F)NN1. The Labute approximate surface area is 93.0 Å². The highest BCUT2D eigenvalue weighted by Crippen LogP contribution is 2.25. The van der Waals surface area contributed by atoms with Crippen LogP contribution in [0.15, 0.2) is 18.2 Å². The number of hydrogen-bond donors (Lipinski definition) is 3. The molecule has 4 N–H and O–H groups in total. The molecule has 0 spiro atoms. The molecule has 2 rings (SSSR count). The first-order valence-electron chi connectivity index (χ1n) is 5.37. The molecule has 1 heterocycles. The van der Waals surface area contributed by atoms with Crippen LogP contribution < -0.4 is 16.6 Å². The van der Waals surface area contributed by atoms with E-state index in [0.29, 0.717) is 12.1 Å². The average Bonchev–Trinajstić information content (AvgIpc) is 2.67. The van der Waals surface area contributed by atoms with Gasteiger partial charge in [-0.3, -0.25) is 5.43 Å². The third-order valence-electron chi connectivity index (χ3n) is 2.83. The summed E-state index contributed by atoms with van der Waals surface area (Å²) in [5.41, 5.74) is 12.0. The van der Waals surface area contributed by atoms with Crippen molar-refractivity contribution in [1.29, 1.82) is 0 Å². The van der Waals surface area contributed by atoms with Gasteiger partial charge in [0.25, 0.3) is 0 Å². The summed E-state index contributed by atoms with van der Waals surface area (Å²) in [6.45, 7) is 0.595. The summed E-state index contributed by atoms with van der Waals surface area (Å²) in [4.78, 5) is 0. The maximum absolute atomic E-state index is 13.5. The monoisotopic (exact) mass is 227 g/mol. The van der Waals surface area contributed by atoms with E-state index in [4.69, 9.17) is 5.73 Å². The molecule has 1 aromatic rings. The maximum Gasteiger partial charge on any atom is 0.130 e. The highest BCUT2D eigenvalue weighted by molar-refractivity contribution is 5.23. The van der Waals surface area contributed by atoms with Crippen LogP contribution in [0.1, 0.15) is 24.4 Å². The molecule has 0 saturated carbocycles. The first-order valence-corrected chi connectivity index (χ1v) is 5.37. The van der Waals surface area contributed by atoms with Crippen molar-refractivity contribution in [2.24, 2.45) is 5.73 Å². The lowest BCUT2D eigenvalue weighted by Gasteiger charge is -2.10. The van der Waals surface area contributed by atoms with E-state index in [2.05, 4.69) is 10.9 Å². The van der Waals surface area contributed by atoms with Crippen molar-refractivity contribution in [3.8, 4) is 0 Å². The first-order chi connectivity index (χ1) is 7.70. The highest BCUT2D eigenvalue weighted by atomic mass is 19.1. The van der Waals surface area contributed by atoms with E-state index in [9.17, 15) is 8.78 Å². The fourth-order valence-corrected chi connectivity index (χ4v) is 2.00. The van der Waals surface area contributed by atoms with Gasteiger partial charge in [-0.05, 0) is 25.5 Å². The Hall–Kier alpha value is -1.04. The lowest BCUT2D eigenvalue weighted by molar-refractivity contribution is 0.510. The quantitative estimate of drug-likeness (QED) is 0.727. The number of halogens is 2. The topological polar surface area (TPSA) is 50.1 Å². The molecule has 88 valence electrons. The smallest absolute Gasteiger partial charge is 0.130 e. The van der Waals surface area contributed by atoms with Crippen molar-refractivity contribution in [2.45, 2.75) is 24.9 Å². The summed E-state index contributed by atoms with van der Waals surface area (Å²) in [6.07, 6.45) is 1.60. The van der Waals surface area contributed by atoms with Gasteiger partial charge in [-0.1, -0.05) is 6.07 Å². The summed E-state index contributed by atoms with van der Waals surface area (Å²) in [7, 11) is 0. The Bertz CT molecular complexity index is 370. The van der Waals surface area contributed by atoms with Gasteiger partial charge < -0.3 is 5.73 Å². The zero-order valence-corrected chi connectivity index (χ0v) is 8.84. The Morgan fingerprint density at radius 2 is 2.12 bits per heavy atom. The Morgan fingerprint density at radius 3 is 2.81 bits per heavy atom. The zero-order valence-electron chi connectivity index (χ0n) is 8.84. The van der Waals surface area contributed by atoms with Crippen LogP contribution in [-0.4, -0.2) is 12.6 Å². The molecule has 1 aliphatic rings. The molecule has 16 heavy (non-hydrogen) atoms. The van der Waals surface area contributed by atoms with Crippen molar-refractivity contribution in [1.82, 2.24) is 10.9 Å². The molecule has 0 aliphatic carbocycles. The van der Waals surface area contributed by atoms with Crippen LogP contribution in [0.2, 0.25) is 0 Å². The second kappa shape index (κ2) is 4.86. The van der Waals surface area contributed by atoms with Crippen LogP contribution in [0.25, 0.3) is 0 Å². The third-order valence-corrected chi connectivity index (χ3v) is 2.83. The van der Waals surface area contributed by atoms with Crippen molar-refractivity contribution in [2.75, 3.05) is 6.54 Å². The molecule has 3 nitrogen and oxygen atoms in total. The minimum absolute atomic E-state index is 0.114. The standard InChI is InChI=1S/C11H15F2N3/c12-7-1-2-9(10(13)5-7)11-6-8(3-4-14)15-16-11/h1-2,5,8,11,15-16H,3-4,6,14H2. The van der Waals surface area contributed by atoms with Gasteiger partial charge >= 0.3 is 0 Å². The number of nitrogens with one attached hydrogen (secondary N) is 2. The van der Waals surface area contributed by atoms with Gasteiger partial charge in [0.05, 0.1) is 6.04 Å². The minimum atomic E-state index is -0.550. The highest BCUT2D eigenvalue weighted by Gasteiger charge is 2.26. The van der Waals surface area contributed by atoms with Gasteiger partial charge in [0, 0.05) is 17.7 Å². The van der Waals surface area contributed by atoms with Crippen LogP contribution in [-0.2, 0) is 0 Å². The molecule has 0 bridgehead atoms. The number of rotatable bonds is 3. The predicted molar refractivity (Wildman–Crippen MR) is 57.4 cm³/mol. The molecular weight excluding hydrogens is 212 g/mol. The Balaban J connectivity index is 2.08. The number of benzene rings is 1. The second-order valence-corrected chi connectivity index (χ2v) is 4.02. The maximum atomic E-state index is 13.5. The minimum Gasteiger partial charge on any atom is -0.330 e. The van der Waals surface area contributed by atoms with E-state index in [1.807, 2.05) is 0 Å². The number of hydrazine groups is 1. The lowest BCUT2D eigenvalue weighted by Crippen LogP contribution is -2.32. The van der Waals surface area contributed by atoms with Gasteiger partial charge in [-0.2, -0.15) is 0 Å². The van der Waals surface area contributed by atoms with Gasteiger partial charge in [-0.25, -0.2) is 14.2 Å². The molecular formula is C11H15F2N3. The Morgan fingerprint density at radius 1 is 1.31 bits per heavy atom. The van der Waals surface area contributed by atoms with Crippen molar-refractivity contribution in [3.05, 3.63) is 35.4 Å². The van der Waals surface area contributed by atoms with Crippen molar-refractivity contribution >= 4 is 0 Å². The first kappa shape index (κ1) is 11.4. The van der Waals surface area contributed by atoms with E-state index in [0.717, 1.165) is 18.9 Å². The van der Waals surface area contributed by atoms with E-state index in [-0.39, 0.29) is 12.1 Å². The predicted octanol–water partition coefficient (Wildman–Crippen LogP) is 1.22. The van der Waals surface area contributed by atoms with E-state index < -0.39 is 11.6 Å². The molecule has 2 atom stereocenters. The third kappa shape index (κ3) is 2.37. The van der Waals surface area contributed by atoms with Crippen LogP contribution in [0.3, 0.4) is 0 Å². The fraction of sp³-hybridized carbons (Fsp3) is 0.455. The molecule has 1 aliphatic heterocycles. The van der Waals surface area contributed by atoms with E-state index >= 15 is 0 Å². The molecule has 0 aromatic heterocycles. The van der Waals surface area contributed by atoms with Crippen LogP contribution in [0.5, 0.6) is 0 Å².